The number of hydrogen-bond acceptors (Lipinski definition) is 5. The third-order valence-electron chi connectivity index (χ3n) is 5.17. The zero-order valence-electron chi connectivity index (χ0n) is 20.0. The van der Waals surface area contributed by atoms with Crippen molar-refractivity contribution in [1.82, 2.24) is 9.66 Å². The Morgan fingerprint density at radius 3 is 2.58 bits per heavy atom. The molecule has 184 valence electrons. The lowest BCUT2D eigenvalue weighted by molar-refractivity contribution is -0.118. The Hall–Kier alpha value is -3.05. The molecule has 0 saturated carbocycles. The molecule has 3 aromatic carbocycles. The van der Waals surface area contributed by atoms with Gasteiger partial charge < -0.3 is 10.1 Å². The molecule has 0 aliphatic carbocycles. The van der Waals surface area contributed by atoms with Gasteiger partial charge in [-0.2, -0.15) is 9.78 Å². The molecular weight excluding hydrogens is 635 g/mol. The summed E-state index contributed by atoms with van der Waals surface area (Å²) in [6.45, 7) is 5.87. The maximum absolute atomic E-state index is 13.3. The van der Waals surface area contributed by atoms with E-state index in [0.717, 1.165) is 13.6 Å². The van der Waals surface area contributed by atoms with E-state index in [0.29, 0.717) is 28.2 Å². The highest BCUT2D eigenvalue weighted by atomic mass is 127. The van der Waals surface area contributed by atoms with Crippen LogP contribution in [-0.2, 0) is 10.2 Å². The van der Waals surface area contributed by atoms with Crippen molar-refractivity contribution in [2.45, 2.75) is 26.2 Å². The van der Waals surface area contributed by atoms with Gasteiger partial charge in [0.2, 0.25) is 0 Å². The van der Waals surface area contributed by atoms with Crippen molar-refractivity contribution in [2.24, 2.45) is 5.10 Å². The number of nitrogens with one attached hydrogen (secondary N) is 1. The van der Waals surface area contributed by atoms with Gasteiger partial charge in [-0.3, -0.25) is 9.59 Å². The lowest BCUT2D eigenvalue weighted by Crippen LogP contribution is -2.29. The van der Waals surface area contributed by atoms with Gasteiger partial charge in [0.15, 0.2) is 6.61 Å². The minimum atomic E-state index is -0.399. The van der Waals surface area contributed by atoms with E-state index in [1.807, 2.05) is 75.4 Å². The molecule has 1 N–H and O–H groups in total. The Morgan fingerprint density at radius 1 is 1.14 bits per heavy atom. The number of aromatic nitrogens is 2. The third-order valence-corrected chi connectivity index (χ3v) is 6.51. The Morgan fingerprint density at radius 2 is 1.89 bits per heavy atom. The second kappa shape index (κ2) is 10.9. The highest BCUT2D eigenvalue weighted by Crippen LogP contribution is 2.24. The lowest BCUT2D eigenvalue weighted by atomic mass is 9.95. The second-order valence-electron chi connectivity index (χ2n) is 9.10. The summed E-state index contributed by atoms with van der Waals surface area (Å²) >= 11 is 5.57. The van der Waals surface area contributed by atoms with E-state index < -0.39 is 5.41 Å². The summed E-state index contributed by atoms with van der Waals surface area (Å²) in [5.41, 5.74) is 1.49. The largest absolute Gasteiger partial charge is 0.483 e. The maximum atomic E-state index is 13.3. The standard InChI is InChI=1S/C27H24BrIN4O3/c1-27(2,3)26-32-22-11-10-18(28)14-20(22)25(35)33(26)30-15-17-9-12-23(21(29)13-17)36-16-24(34)31-19-7-5-4-6-8-19/h4-15H,16H2,1-3H3,(H,31,34). The Labute approximate surface area is 230 Å². The molecule has 0 aliphatic heterocycles. The molecule has 0 atom stereocenters. The van der Waals surface area contributed by atoms with Crippen LogP contribution < -0.4 is 15.6 Å². The number of benzene rings is 3. The number of rotatable bonds is 6. The van der Waals surface area contributed by atoms with Crippen LogP contribution in [0.15, 0.2) is 81.1 Å². The summed E-state index contributed by atoms with van der Waals surface area (Å²) < 4.78 is 8.67. The van der Waals surface area contributed by atoms with E-state index in [4.69, 9.17) is 9.72 Å². The summed E-state index contributed by atoms with van der Waals surface area (Å²) in [6.07, 6.45) is 1.62. The highest BCUT2D eigenvalue weighted by molar-refractivity contribution is 14.1. The van der Waals surface area contributed by atoms with E-state index in [9.17, 15) is 9.59 Å². The number of hydrogen-bond donors (Lipinski definition) is 1. The van der Waals surface area contributed by atoms with E-state index in [1.165, 1.54) is 4.68 Å². The van der Waals surface area contributed by atoms with Crippen LogP contribution >= 0.6 is 38.5 Å². The predicted molar refractivity (Wildman–Crippen MR) is 155 cm³/mol. The van der Waals surface area contributed by atoms with Crippen molar-refractivity contribution >= 4 is 67.2 Å². The maximum Gasteiger partial charge on any atom is 0.282 e. The fraction of sp³-hybridized carbons (Fsp3) is 0.185. The molecule has 4 rings (SSSR count). The van der Waals surface area contributed by atoms with Crippen molar-refractivity contribution in [2.75, 3.05) is 11.9 Å². The first kappa shape index (κ1) is 26.0. The van der Waals surface area contributed by atoms with Crippen LogP contribution in [0.1, 0.15) is 32.2 Å². The van der Waals surface area contributed by atoms with Crippen molar-refractivity contribution in [3.8, 4) is 5.75 Å². The molecule has 36 heavy (non-hydrogen) atoms. The van der Waals surface area contributed by atoms with Crippen LogP contribution in [0.4, 0.5) is 5.69 Å². The number of fused-ring (bicyclic) bond motifs is 1. The first-order valence-corrected chi connectivity index (χ1v) is 13.0. The predicted octanol–water partition coefficient (Wildman–Crippen LogP) is 5.96. The molecule has 1 amide bonds. The topological polar surface area (TPSA) is 85.6 Å². The van der Waals surface area contributed by atoms with Crippen LogP contribution in [0.25, 0.3) is 10.9 Å². The zero-order chi connectivity index (χ0) is 25.9. The molecule has 0 spiro atoms. The van der Waals surface area contributed by atoms with E-state index in [-0.39, 0.29) is 18.1 Å². The van der Waals surface area contributed by atoms with Gasteiger partial charge in [0.25, 0.3) is 11.5 Å². The molecule has 1 heterocycles. The fourth-order valence-corrected chi connectivity index (χ4v) is 4.50. The smallest absolute Gasteiger partial charge is 0.282 e. The highest BCUT2D eigenvalue weighted by Gasteiger charge is 2.23. The molecule has 0 fully saturated rings. The van der Waals surface area contributed by atoms with Crippen molar-refractivity contribution in [3.05, 3.63) is 96.5 Å². The minimum absolute atomic E-state index is 0.110. The minimum Gasteiger partial charge on any atom is -0.483 e. The van der Waals surface area contributed by atoms with Crippen LogP contribution in [0.3, 0.4) is 0 Å². The molecule has 1 aromatic heterocycles. The van der Waals surface area contributed by atoms with Gasteiger partial charge >= 0.3 is 0 Å². The molecule has 9 heteroatoms. The normalized spacial score (nSPS) is 11.7. The van der Waals surface area contributed by atoms with Gasteiger partial charge in [-0.1, -0.05) is 54.9 Å². The van der Waals surface area contributed by atoms with Gasteiger partial charge in [0, 0.05) is 15.6 Å². The van der Waals surface area contributed by atoms with Gasteiger partial charge in [-0.25, -0.2) is 4.98 Å². The molecule has 0 radical (unpaired) electrons. The quantitative estimate of drug-likeness (QED) is 0.205. The number of nitrogens with zero attached hydrogens (tertiary/aromatic N) is 3. The number of halogens is 2. The van der Waals surface area contributed by atoms with Crippen molar-refractivity contribution < 1.29 is 9.53 Å². The lowest BCUT2D eigenvalue weighted by Gasteiger charge is -2.20. The molecule has 0 aliphatic rings. The average Bonchev–Trinajstić information content (AvgIpc) is 2.83. The molecule has 0 saturated heterocycles. The summed E-state index contributed by atoms with van der Waals surface area (Å²) in [5, 5.41) is 7.79. The second-order valence-corrected chi connectivity index (χ2v) is 11.2. The summed E-state index contributed by atoms with van der Waals surface area (Å²) in [4.78, 5) is 30.2. The van der Waals surface area contributed by atoms with Crippen LogP contribution in [-0.4, -0.2) is 28.4 Å². The average molecular weight is 659 g/mol. The Kier molecular flexibility index (Phi) is 7.89. The summed E-state index contributed by atoms with van der Waals surface area (Å²) in [6, 6.07) is 20.1. The Balaban J connectivity index is 1.55. The number of para-hydroxylation sites is 1. The molecule has 7 nitrogen and oxygen atoms in total. The number of amides is 1. The molecule has 4 aromatic rings. The zero-order valence-corrected chi connectivity index (χ0v) is 23.7. The van der Waals surface area contributed by atoms with Gasteiger partial charge in [0.05, 0.1) is 20.7 Å². The summed E-state index contributed by atoms with van der Waals surface area (Å²) in [7, 11) is 0. The third kappa shape index (κ3) is 6.19. The first-order valence-electron chi connectivity index (χ1n) is 11.2. The molecule has 0 unspecified atom stereocenters. The number of carbonyl (C=O) groups excluding carboxylic acids is 1. The monoisotopic (exact) mass is 658 g/mol. The number of anilines is 1. The van der Waals surface area contributed by atoms with E-state index in [2.05, 4.69) is 48.9 Å². The van der Waals surface area contributed by atoms with Crippen LogP contribution in [0.2, 0.25) is 0 Å². The van der Waals surface area contributed by atoms with Crippen molar-refractivity contribution in [1.29, 1.82) is 0 Å². The SMILES string of the molecule is CC(C)(C)c1nc2ccc(Br)cc2c(=O)n1N=Cc1ccc(OCC(=O)Nc2ccccc2)c(I)c1. The van der Waals surface area contributed by atoms with Crippen LogP contribution in [0, 0.1) is 3.57 Å². The number of carbonyl (C=O) groups is 1. The molecular formula is C27H24BrIN4O3. The van der Waals surface area contributed by atoms with Crippen molar-refractivity contribution in [3.63, 3.8) is 0 Å². The molecule has 0 bridgehead atoms. The van der Waals surface area contributed by atoms with Gasteiger partial charge in [-0.05, 0) is 76.7 Å². The van der Waals surface area contributed by atoms with E-state index in [1.54, 1.807) is 18.3 Å². The number of ether oxygens (including phenoxy) is 1. The fourth-order valence-electron chi connectivity index (χ4n) is 3.44. The first-order chi connectivity index (χ1) is 17.1. The van der Waals surface area contributed by atoms with Gasteiger partial charge in [0.1, 0.15) is 11.6 Å². The Bertz CT molecular complexity index is 1510. The van der Waals surface area contributed by atoms with Gasteiger partial charge in [-0.15, -0.1) is 0 Å². The summed E-state index contributed by atoms with van der Waals surface area (Å²) in [5.74, 6) is 0.908. The van der Waals surface area contributed by atoms with E-state index >= 15 is 0 Å². The van der Waals surface area contributed by atoms with Crippen LogP contribution in [0.5, 0.6) is 5.75 Å².